The molecule has 2 amide bonds. The molecule has 0 aliphatic carbocycles. The highest BCUT2D eigenvalue weighted by Gasteiger charge is 2.32. The van der Waals surface area contributed by atoms with E-state index in [-0.39, 0.29) is 23.2 Å². The summed E-state index contributed by atoms with van der Waals surface area (Å²) in [5.41, 5.74) is 0.924. The zero-order chi connectivity index (χ0) is 27.4. The second-order valence-corrected chi connectivity index (χ2v) is 9.88. The molecule has 0 bridgehead atoms. The smallest absolute Gasteiger partial charge is 0.348 e. The third-order valence-electron chi connectivity index (χ3n) is 6.14. The van der Waals surface area contributed by atoms with E-state index in [1.807, 2.05) is 18.2 Å². The Morgan fingerprint density at radius 2 is 1.82 bits per heavy atom. The van der Waals surface area contributed by atoms with Gasteiger partial charge in [-0.2, -0.15) is 4.98 Å². The quantitative estimate of drug-likeness (QED) is 0.337. The maximum atomic E-state index is 13.1. The lowest BCUT2D eigenvalue weighted by Gasteiger charge is -2.30. The number of hydrogen-bond acceptors (Lipinski definition) is 7. The zero-order valence-corrected chi connectivity index (χ0v) is 22.3. The van der Waals surface area contributed by atoms with E-state index in [9.17, 15) is 14.4 Å². The van der Waals surface area contributed by atoms with Crippen molar-refractivity contribution in [3.8, 4) is 0 Å². The Morgan fingerprint density at radius 1 is 1.08 bits per heavy atom. The van der Waals surface area contributed by atoms with Crippen LogP contribution < -0.4 is 16.3 Å². The highest BCUT2D eigenvalue weighted by molar-refractivity contribution is 6.30. The predicted octanol–water partition coefficient (Wildman–Crippen LogP) is 4.69. The summed E-state index contributed by atoms with van der Waals surface area (Å²) in [6.45, 7) is 5.56. The minimum Gasteiger partial charge on any atom is -0.389 e. The predicted molar refractivity (Wildman–Crippen MR) is 148 cm³/mol. The maximum absolute atomic E-state index is 13.1. The van der Waals surface area contributed by atoms with Gasteiger partial charge in [0.05, 0.1) is 10.9 Å². The Kier molecular flexibility index (Phi) is 7.78. The van der Waals surface area contributed by atoms with E-state index in [1.165, 1.54) is 0 Å². The van der Waals surface area contributed by atoms with Crippen molar-refractivity contribution in [2.75, 3.05) is 24.2 Å². The van der Waals surface area contributed by atoms with Crippen LogP contribution in [0, 0.1) is 6.92 Å². The van der Waals surface area contributed by atoms with Crippen molar-refractivity contribution in [3.05, 3.63) is 93.1 Å². The zero-order valence-electron chi connectivity index (χ0n) is 21.5. The molecule has 2 aromatic carbocycles. The Morgan fingerprint density at radius 3 is 2.50 bits per heavy atom. The molecule has 38 heavy (non-hydrogen) atoms. The second kappa shape index (κ2) is 11.0. The minimum absolute atomic E-state index is 0.0728. The lowest BCUT2D eigenvalue weighted by atomic mass is 10.0. The number of fused-ring (bicyclic) bond motifs is 1. The van der Waals surface area contributed by atoms with Crippen molar-refractivity contribution < 1.29 is 14.0 Å². The summed E-state index contributed by atoms with van der Waals surface area (Å²) in [5.74, 6) is -0.540. The molecule has 2 N–H and O–H groups in total. The monoisotopic (exact) mass is 533 g/mol. The molecule has 10 heteroatoms. The molecule has 0 aliphatic heterocycles. The van der Waals surface area contributed by atoms with Gasteiger partial charge in [0.2, 0.25) is 5.91 Å². The van der Waals surface area contributed by atoms with Gasteiger partial charge in [0.25, 0.3) is 11.9 Å². The number of hydrogen-bond donors (Lipinski definition) is 2. The molecule has 0 saturated heterocycles. The van der Waals surface area contributed by atoms with Gasteiger partial charge in [-0.1, -0.05) is 17.7 Å². The van der Waals surface area contributed by atoms with E-state index >= 15 is 0 Å². The molecule has 9 nitrogen and oxygen atoms in total. The standard InChI is InChI=1S/C28H28ClN5O4/c1-17-21(31-24(35)18-8-10-19(29)11-9-18)12-13-22-23(17)25(36)38-27(32-22)33-28(2,3)26(37)34(4)16-14-20-7-5-6-15-30-20/h5-13,15H,14,16H2,1-4H3,(H,31,35)(H,32,33). The molecular formula is C28H28ClN5O4. The summed E-state index contributed by atoms with van der Waals surface area (Å²) in [6.07, 6.45) is 2.33. The number of benzene rings is 2. The Hall–Kier alpha value is -4.24. The first kappa shape index (κ1) is 26.8. The van der Waals surface area contributed by atoms with Gasteiger partial charge < -0.3 is 20.0 Å². The molecule has 0 unspecified atom stereocenters. The van der Waals surface area contributed by atoms with Gasteiger partial charge in [-0.15, -0.1) is 0 Å². The van der Waals surface area contributed by atoms with Gasteiger partial charge >= 0.3 is 5.63 Å². The van der Waals surface area contributed by atoms with Crippen LogP contribution in [0.3, 0.4) is 0 Å². The first-order valence-corrected chi connectivity index (χ1v) is 12.4. The summed E-state index contributed by atoms with van der Waals surface area (Å²) >= 11 is 5.89. The fraction of sp³-hybridized carbons (Fsp3) is 0.250. The van der Waals surface area contributed by atoms with E-state index in [1.54, 1.807) is 75.3 Å². The molecule has 4 aromatic rings. The largest absolute Gasteiger partial charge is 0.389 e. The number of aromatic nitrogens is 2. The first-order chi connectivity index (χ1) is 18.0. The molecule has 4 rings (SSSR count). The molecular weight excluding hydrogens is 506 g/mol. The van der Waals surface area contributed by atoms with Crippen LogP contribution in [-0.4, -0.2) is 45.8 Å². The van der Waals surface area contributed by atoms with Crippen LogP contribution in [0.1, 0.15) is 35.5 Å². The molecule has 196 valence electrons. The maximum Gasteiger partial charge on any atom is 0.348 e. The molecule has 0 fully saturated rings. The lowest BCUT2D eigenvalue weighted by Crippen LogP contribution is -2.49. The molecule has 2 heterocycles. The number of halogens is 1. The first-order valence-electron chi connectivity index (χ1n) is 12.0. The highest BCUT2D eigenvalue weighted by atomic mass is 35.5. The molecule has 0 atom stereocenters. The van der Waals surface area contributed by atoms with Crippen LogP contribution >= 0.6 is 11.6 Å². The van der Waals surface area contributed by atoms with Gasteiger partial charge in [0.15, 0.2) is 0 Å². The average Bonchev–Trinajstić information content (AvgIpc) is 2.89. The summed E-state index contributed by atoms with van der Waals surface area (Å²) < 4.78 is 5.44. The lowest BCUT2D eigenvalue weighted by molar-refractivity contribution is -0.133. The fourth-order valence-electron chi connectivity index (χ4n) is 4.03. The topological polar surface area (TPSA) is 117 Å². The summed E-state index contributed by atoms with van der Waals surface area (Å²) in [7, 11) is 1.71. The van der Waals surface area contributed by atoms with Crippen molar-refractivity contribution in [1.29, 1.82) is 0 Å². The Labute approximate surface area is 224 Å². The van der Waals surface area contributed by atoms with Crippen LogP contribution in [0.4, 0.5) is 11.7 Å². The van der Waals surface area contributed by atoms with E-state index in [2.05, 4.69) is 20.6 Å². The van der Waals surface area contributed by atoms with Gasteiger partial charge in [0.1, 0.15) is 5.54 Å². The number of likely N-dealkylation sites (N-methyl/N-ethyl adjacent to an activating group) is 1. The number of aryl methyl sites for hydroxylation is 1. The Balaban J connectivity index is 1.50. The van der Waals surface area contributed by atoms with Gasteiger partial charge in [-0.05, 0) is 74.9 Å². The number of carbonyl (C=O) groups excluding carboxylic acids is 2. The Bertz CT molecular complexity index is 1540. The number of amides is 2. The third-order valence-corrected chi connectivity index (χ3v) is 6.40. The summed E-state index contributed by atoms with van der Waals surface area (Å²) in [4.78, 5) is 49.0. The molecule has 0 aliphatic rings. The van der Waals surface area contributed by atoms with Gasteiger partial charge in [-0.3, -0.25) is 14.6 Å². The molecule has 0 spiro atoms. The third kappa shape index (κ3) is 6.00. The number of rotatable bonds is 8. The SMILES string of the molecule is Cc1c(NC(=O)c2ccc(Cl)cc2)ccc2nc(NC(C)(C)C(=O)N(C)CCc3ccccn3)oc(=O)c12. The molecule has 0 radical (unpaired) electrons. The highest BCUT2D eigenvalue weighted by Crippen LogP contribution is 2.25. The summed E-state index contributed by atoms with van der Waals surface area (Å²) in [6, 6.07) is 15.3. The van der Waals surface area contributed by atoms with Crippen LogP contribution in [0.15, 0.2) is 70.0 Å². The van der Waals surface area contributed by atoms with Crippen LogP contribution in [-0.2, 0) is 11.2 Å². The summed E-state index contributed by atoms with van der Waals surface area (Å²) in [5, 5.41) is 6.53. The van der Waals surface area contributed by atoms with Crippen molar-refractivity contribution in [2.24, 2.45) is 0 Å². The van der Waals surface area contributed by atoms with E-state index in [0.29, 0.717) is 40.3 Å². The normalized spacial score (nSPS) is 11.3. The molecule has 0 saturated carbocycles. The van der Waals surface area contributed by atoms with Crippen molar-refractivity contribution >= 4 is 46.0 Å². The van der Waals surface area contributed by atoms with Gasteiger partial charge in [0, 0.05) is 48.2 Å². The second-order valence-electron chi connectivity index (χ2n) is 9.45. The van der Waals surface area contributed by atoms with Gasteiger partial charge in [-0.25, -0.2) is 4.79 Å². The van der Waals surface area contributed by atoms with Crippen molar-refractivity contribution in [1.82, 2.24) is 14.9 Å². The van der Waals surface area contributed by atoms with Crippen LogP contribution in [0.25, 0.3) is 10.9 Å². The van der Waals surface area contributed by atoms with Crippen LogP contribution in [0.5, 0.6) is 0 Å². The number of anilines is 2. The average molecular weight is 534 g/mol. The van der Waals surface area contributed by atoms with Crippen molar-refractivity contribution in [3.63, 3.8) is 0 Å². The minimum atomic E-state index is -1.10. The van der Waals surface area contributed by atoms with E-state index < -0.39 is 11.2 Å². The van der Waals surface area contributed by atoms with E-state index in [0.717, 1.165) is 5.69 Å². The number of nitrogens with zero attached hydrogens (tertiary/aromatic N) is 3. The number of carbonyl (C=O) groups is 2. The van der Waals surface area contributed by atoms with E-state index in [4.69, 9.17) is 16.0 Å². The van der Waals surface area contributed by atoms with Crippen LogP contribution in [0.2, 0.25) is 5.02 Å². The number of nitrogens with one attached hydrogen (secondary N) is 2. The molecule has 2 aromatic heterocycles. The number of pyridine rings is 1. The fourth-order valence-corrected chi connectivity index (χ4v) is 4.16. The van der Waals surface area contributed by atoms with Crippen molar-refractivity contribution in [2.45, 2.75) is 32.7 Å².